The van der Waals surface area contributed by atoms with Crippen LogP contribution in [-0.4, -0.2) is 23.7 Å². The average Bonchev–Trinajstić information content (AvgIpc) is 3.43. The molecule has 2 atom stereocenters. The van der Waals surface area contributed by atoms with Crippen molar-refractivity contribution in [2.45, 2.75) is 64.4 Å². The lowest BCUT2D eigenvalue weighted by atomic mass is 9.69. The number of benzene rings is 1. The molecule has 0 bridgehead atoms. The van der Waals surface area contributed by atoms with Gasteiger partial charge in [0.15, 0.2) is 0 Å². The zero-order valence-corrected chi connectivity index (χ0v) is 16.3. The van der Waals surface area contributed by atoms with Gasteiger partial charge in [-0.1, -0.05) is 19.8 Å². The van der Waals surface area contributed by atoms with Crippen molar-refractivity contribution in [3.63, 3.8) is 0 Å². The summed E-state index contributed by atoms with van der Waals surface area (Å²) >= 11 is 0. The van der Waals surface area contributed by atoms with E-state index < -0.39 is 4.92 Å². The van der Waals surface area contributed by atoms with Gasteiger partial charge < -0.3 is 10.1 Å². The van der Waals surface area contributed by atoms with Crippen molar-refractivity contribution in [1.82, 2.24) is 0 Å². The standard InChI is InChI=1S/C21H29N3O3/c1-20(9-3-10-21(2,14-20)27-11-8-16-4-5-16)15-23-18-12-17(13-22)6-7-19(18)24(25)26/h6-7,12,16,23H,3-5,8-11,14-15H2,1-2H3/t20-,21?/m0/s1. The normalized spacial score (nSPS) is 27.7. The molecule has 1 aromatic carbocycles. The van der Waals surface area contributed by atoms with Gasteiger partial charge in [-0.2, -0.15) is 5.26 Å². The summed E-state index contributed by atoms with van der Waals surface area (Å²) in [6.45, 7) is 5.89. The first-order valence-corrected chi connectivity index (χ1v) is 9.89. The maximum absolute atomic E-state index is 11.3. The summed E-state index contributed by atoms with van der Waals surface area (Å²) < 4.78 is 6.29. The van der Waals surface area contributed by atoms with Gasteiger partial charge in [-0.15, -0.1) is 0 Å². The van der Waals surface area contributed by atoms with Crippen molar-refractivity contribution in [3.05, 3.63) is 33.9 Å². The number of hydrogen-bond acceptors (Lipinski definition) is 5. The number of nitriles is 1. The Kier molecular flexibility index (Phi) is 5.71. The van der Waals surface area contributed by atoms with Crippen molar-refractivity contribution in [1.29, 1.82) is 5.26 Å². The zero-order chi connectivity index (χ0) is 19.5. The maximum Gasteiger partial charge on any atom is 0.292 e. The molecule has 0 amide bonds. The van der Waals surface area contributed by atoms with Gasteiger partial charge in [-0.3, -0.25) is 10.1 Å². The van der Waals surface area contributed by atoms with E-state index in [-0.39, 0.29) is 16.7 Å². The minimum Gasteiger partial charge on any atom is -0.379 e. The van der Waals surface area contributed by atoms with Crippen LogP contribution in [-0.2, 0) is 4.74 Å². The molecule has 2 aliphatic carbocycles. The van der Waals surface area contributed by atoms with Gasteiger partial charge in [0.1, 0.15) is 5.69 Å². The second-order valence-corrected chi connectivity index (χ2v) is 8.83. The SMILES string of the molecule is CC1(OCCC2CC2)CCC[C@](C)(CNc2cc(C#N)ccc2[N+](=O)[O-])C1. The van der Waals surface area contributed by atoms with Crippen LogP contribution in [0.1, 0.15) is 64.4 Å². The molecule has 6 heteroatoms. The zero-order valence-electron chi connectivity index (χ0n) is 16.3. The quantitative estimate of drug-likeness (QED) is 0.511. The van der Waals surface area contributed by atoms with Crippen LogP contribution in [0.4, 0.5) is 11.4 Å². The fourth-order valence-corrected chi connectivity index (χ4v) is 4.34. The monoisotopic (exact) mass is 371 g/mol. The number of ether oxygens (including phenoxy) is 1. The highest BCUT2D eigenvalue weighted by molar-refractivity contribution is 5.64. The molecule has 27 heavy (non-hydrogen) atoms. The molecule has 0 spiro atoms. The topological polar surface area (TPSA) is 88.2 Å². The Morgan fingerprint density at radius 3 is 2.81 bits per heavy atom. The first-order chi connectivity index (χ1) is 12.8. The van der Waals surface area contributed by atoms with E-state index in [2.05, 4.69) is 19.2 Å². The summed E-state index contributed by atoms with van der Waals surface area (Å²) in [6.07, 6.45) is 8.02. The van der Waals surface area contributed by atoms with Crippen LogP contribution in [0.2, 0.25) is 0 Å². The Labute approximate surface area is 161 Å². The first-order valence-electron chi connectivity index (χ1n) is 9.89. The molecular formula is C21H29N3O3. The second-order valence-electron chi connectivity index (χ2n) is 8.83. The van der Waals surface area contributed by atoms with Crippen LogP contribution in [0, 0.1) is 32.8 Å². The predicted molar refractivity (Wildman–Crippen MR) is 105 cm³/mol. The molecule has 2 saturated carbocycles. The minimum atomic E-state index is -0.405. The number of rotatable bonds is 8. The maximum atomic E-state index is 11.3. The van der Waals surface area contributed by atoms with Crippen LogP contribution >= 0.6 is 0 Å². The van der Waals surface area contributed by atoms with Gasteiger partial charge in [0.05, 0.1) is 22.2 Å². The van der Waals surface area contributed by atoms with E-state index in [0.717, 1.165) is 44.6 Å². The van der Waals surface area contributed by atoms with Crippen molar-refractivity contribution < 1.29 is 9.66 Å². The van der Waals surface area contributed by atoms with Crippen molar-refractivity contribution >= 4 is 11.4 Å². The van der Waals surface area contributed by atoms with Crippen LogP contribution in [0.15, 0.2) is 18.2 Å². The highest BCUT2D eigenvalue weighted by Crippen LogP contribution is 2.44. The first kappa shape index (κ1) is 19.6. The van der Waals surface area contributed by atoms with Crippen molar-refractivity contribution in [2.75, 3.05) is 18.5 Å². The Morgan fingerprint density at radius 1 is 1.37 bits per heavy atom. The fourth-order valence-electron chi connectivity index (χ4n) is 4.34. The molecule has 1 aromatic rings. The summed E-state index contributed by atoms with van der Waals surface area (Å²) in [5.74, 6) is 0.873. The van der Waals surface area contributed by atoms with Crippen molar-refractivity contribution in [3.8, 4) is 6.07 Å². The highest BCUT2D eigenvalue weighted by Gasteiger charge is 2.40. The number of nitrogens with zero attached hydrogens (tertiary/aromatic N) is 2. The number of anilines is 1. The van der Waals surface area contributed by atoms with Gasteiger partial charge in [-0.25, -0.2) is 0 Å². The summed E-state index contributed by atoms with van der Waals surface area (Å²) in [5.41, 5.74) is 0.733. The number of nitrogens with one attached hydrogen (secondary N) is 1. The van der Waals surface area contributed by atoms with Crippen LogP contribution in [0.5, 0.6) is 0 Å². The lowest BCUT2D eigenvalue weighted by molar-refractivity contribution is -0.384. The highest BCUT2D eigenvalue weighted by atomic mass is 16.6. The molecule has 0 aromatic heterocycles. The average molecular weight is 371 g/mol. The summed E-state index contributed by atoms with van der Waals surface area (Å²) in [5, 5.41) is 23.6. The smallest absolute Gasteiger partial charge is 0.292 e. The van der Waals surface area contributed by atoms with E-state index in [1.54, 1.807) is 6.07 Å². The number of nitro benzene ring substituents is 1. The molecule has 0 radical (unpaired) electrons. The molecule has 6 nitrogen and oxygen atoms in total. The Morgan fingerprint density at radius 2 is 2.15 bits per heavy atom. The Bertz CT molecular complexity index is 741. The molecular weight excluding hydrogens is 342 g/mol. The van der Waals surface area contributed by atoms with Crippen molar-refractivity contribution in [2.24, 2.45) is 11.3 Å². The van der Waals surface area contributed by atoms with Gasteiger partial charge >= 0.3 is 0 Å². The Hall–Kier alpha value is -2.13. The molecule has 0 saturated heterocycles. The lowest BCUT2D eigenvalue weighted by Gasteiger charge is -2.44. The van der Waals surface area contributed by atoms with E-state index in [1.165, 1.54) is 25.0 Å². The third-order valence-corrected chi connectivity index (χ3v) is 5.99. The molecule has 0 aliphatic heterocycles. The molecule has 0 heterocycles. The predicted octanol–water partition coefficient (Wildman–Crippen LogP) is 5.03. The van der Waals surface area contributed by atoms with E-state index in [0.29, 0.717) is 17.8 Å². The van der Waals surface area contributed by atoms with Gasteiger partial charge in [0, 0.05) is 19.2 Å². The summed E-state index contributed by atoms with van der Waals surface area (Å²) in [6, 6.07) is 6.49. The molecule has 2 aliphatic rings. The van der Waals surface area contributed by atoms with E-state index in [9.17, 15) is 10.1 Å². The van der Waals surface area contributed by atoms with E-state index >= 15 is 0 Å². The molecule has 1 N–H and O–H groups in total. The third-order valence-electron chi connectivity index (χ3n) is 5.99. The molecule has 146 valence electrons. The van der Waals surface area contributed by atoms with E-state index in [4.69, 9.17) is 10.00 Å². The van der Waals surface area contributed by atoms with Crippen LogP contribution < -0.4 is 5.32 Å². The lowest BCUT2D eigenvalue weighted by Crippen LogP contribution is -2.43. The third kappa shape index (κ3) is 5.20. The van der Waals surface area contributed by atoms with Gasteiger partial charge in [0.25, 0.3) is 5.69 Å². The van der Waals surface area contributed by atoms with E-state index in [1.807, 2.05) is 6.07 Å². The van der Waals surface area contributed by atoms with Gasteiger partial charge in [0.2, 0.25) is 0 Å². The fraction of sp³-hybridized carbons (Fsp3) is 0.667. The second kappa shape index (κ2) is 7.85. The molecule has 1 unspecified atom stereocenters. The van der Waals surface area contributed by atoms with Gasteiger partial charge in [-0.05, 0) is 62.5 Å². The Balaban J connectivity index is 1.63. The number of hydrogen-bond donors (Lipinski definition) is 1. The molecule has 3 rings (SSSR count). The summed E-state index contributed by atoms with van der Waals surface area (Å²) in [7, 11) is 0. The van der Waals surface area contributed by atoms with Crippen LogP contribution in [0.3, 0.4) is 0 Å². The minimum absolute atomic E-state index is 0.00307. The molecule has 2 fully saturated rings. The summed E-state index contributed by atoms with van der Waals surface area (Å²) in [4.78, 5) is 10.9. The number of nitro groups is 1. The van der Waals surface area contributed by atoms with Crippen LogP contribution in [0.25, 0.3) is 0 Å². The largest absolute Gasteiger partial charge is 0.379 e.